The number of aromatic hydroxyl groups is 1. The lowest BCUT2D eigenvalue weighted by Crippen LogP contribution is -2.29. The standard InChI is InChI=1S/C35H44N2O2/c1-35(2)26-29-24-30(38)16-15-28(29)25-33(35)32-11-5-6-12-34(32)36-19-9-10-27-13-17-31(18-14-27)39-23-22-37-20-7-3-4-8-21-37/h5-6,11-18,24-25,36,38H,3-4,7-10,19-23,26H2,1-2H3. The average molecular weight is 525 g/mol. The fourth-order valence-electron chi connectivity index (χ4n) is 6.04. The van der Waals surface area contributed by atoms with Gasteiger partial charge in [0.1, 0.15) is 18.1 Å². The fourth-order valence-corrected chi connectivity index (χ4v) is 6.04. The molecule has 0 unspecified atom stereocenters. The first kappa shape index (κ1) is 27.3. The monoisotopic (exact) mass is 524 g/mol. The minimum Gasteiger partial charge on any atom is -0.508 e. The molecule has 4 heteroatoms. The molecule has 0 saturated carbocycles. The van der Waals surface area contributed by atoms with Gasteiger partial charge in [0.2, 0.25) is 0 Å². The molecule has 1 heterocycles. The maximum Gasteiger partial charge on any atom is 0.119 e. The SMILES string of the molecule is CC1(C)Cc2cc(O)ccc2C=C1c1ccccc1NCCCc1ccc(OCCN2CCCCCC2)cc1. The van der Waals surface area contributed by atoms with E-state index < -0.39 is 0 Å². The van der Waals surface area contributed by atoms with Crippen molar-refractivity contribution in [3.05, 3.63) is 89.0 Å². The van der Waals surface area contributed by atoms with Crippen molar-refractivity contribution >= 4 is 17.3 Å². The van der Waals surface area contributed by atoms with Gasteiger partial charge in [0.15, 0.2) is 0 Å². The highest BCUT2D eigenvalue weighted by Crippen LogP contribution is 2.46. The summed E-state index contributed by atoms with van der Waals surface area (Å²) in [5, 5.41) is 13.7. The van der Waals surface area contributed by atoms with Crippen LogP contribution in [0.5, 0.6) is 11.5 Å². The Bertz CT molecular complexity index is 1250. The van der Waals surface area contributed by atoms with Gasteiger partial charge in [0.25, 0.3) is 0 Å². The molecule has 3 aromatic rings. The van der Waals surface area contributed by atoms with E-state index in [1.165, 1.54) is 72.3 Å². The van der Waals surface area contributed by atoms with Crippen LogP contribution in [0.25, 0.3) is 11.6 Å². The van der Waals surface area contributed by atoms with E-state index >= 15 is 0 Å². The van der Waals surface area contributed by atoms with E-state index in [0.29, 0.717) is 5.75 Å². The van der Waals surface area contributed by atoms with Gasteiger partial charge < -0.3 is 15.2 Å². The van der Waals surface area contributed by atoms with E-state index in [2.05, 4.69) is 78.7 Å². The molecule has 206 valence electrons. The molecule has 0 bridgehead atoms. The molecule has 0 aromatic heterocycles. The largest absolute Gasteiger partial charge is 0.508 e. The first-order valence-corrected chi connectivity index (χ1v) is 14.8. The second kappa shape index (κ2) is 12.7. The summed E-state index contributed by atoms with van der Waals surface area (Å²) in [5.74, 6) is 1.31. The van der Waals surface area contributed by atoms with Crippen molar-refractivity contribution in [2.75, 3.05) is 38.1 Å². The number of hydrogen-bond donors (Lipinski definition) is 2. The van der Waals surface area contributed by atoms with Crippen molar-refractivity contribution in [3.8, 4) is 11.5 Å². The number of nitrogens with one attached hydrogen (secondary N) is 1. The first-order valence-electron chi connectivity index (χ1n) is 14.8. The zero-order valence-corrected chi connectivity index (χ0v) is 23.7. The number of nitrogens with zero attached hydrogens (tertiary/aromatic N) is 1. The summed E-state index contributed by atoms with van der Waals surface area (Å²) in [5.41, 5.74) is 7.54. The molecule has 0 atom stereocenters. The van der Waals surface area contributed by atoms with Crippen molar-refractivity contribution in [1.82, 2.24) is 4.90 Å². The Labute approximate surface area is 234 Å². The van der Waals surface area contributed by atoms with Gasteiger partial charge in [-0.25, -0.2) is 0 Å². The van der Waals surface area contributed by atoms with Gasteiger partial charge in [-0.05, 0) is 103 Å². The zero-order valence-electron chi connectivity index (χ0n) is 23.7. The average Bonchev–Trinajstić information content (AvgIpc) is 3.20. The van der Waals surface area contributed by atoms with E-state index in [9.17, 15) is 5.11 Å². The minimum absolute atomic E-state index is 0.0184. The van der Waals surface area contributed by atoms with E-state index in [1.807, 2.05) is 12.1 Å². The molecule has 0 amide bonds. The van der Waals surface area contributed by atoms with Crippen LogP contribution in [0.3, 0.4) is 0 Å². The number of ether oxygens (including phenoxy) is 1. The third kappa shape index (κ3) is 7.24. The number of allylic oxidation sites excluding steroid dienone is 1. The number of hydrogen-bond acceptors (Lipinski definition) is 4. The van der Waals surface area contributed by atoms with Gasteiger partial charge in [-0.3, -0.25) is 4.90 Å². The Hall–Kier alpha value is -3.24. The van der Waals surface area contributed by atoms with E-state index in [0.717, 1.165) is 44.7 Å². The second-order valence-electron chi connectivity index (χ2n) is 11.8. The van der Waals surface area contributed by atoms with Crippen molar-refractivity contribution in [2.24, 2.45) is 5.41 Å². The third-order valence-electron chi connectivity index (χ3n) is 8.26. The normalized spacial score (nSPS) is 17.1. The molecule has 1 aliphatic carbocycles. The lowest BCUT2D eigenvalue weighted by Gasteiger charge is -2.34. The van der Waals surface area contributed by atoms with Crippen LogP contribution in [0.1, 0.15) is 68.2 Å². The summed E-state index contributed by atoms with van der Waals surface area (Å²) >= 11 is 0. The molecule has 1 fully saturated rings. The predicted molar refractivity (Wildman–Crippen MR) is 164 cm³/mol. The first-order chi connectivity index (χ1) is 19.0. The van der Waals surface area contributed by atoms with Gasteiger partial charge in [-0.2, -0.15) is 0 Å². The highest BCUT2D eigenvalue weighted by Gasteiger charge is 2.30. The number of aryl methyl sites for hydroxylation is 1. The van der Waals surface area contributed by atoms with Gasteiger partial charge in [0.05, 0.1) is 0 Å². The molecular weight excluding hydrogens is 480 g/mol. The van der Waals surface area contributed by atoms with E-state index in [4.69, 9.17) is 4.74 Å². The van der Waals surface area contributed by atoms with Crippen molar-refractivity contribution in [2.45, 2.75) is 58.8 Å². The molecular formula is C35H44N2O2. The molecule has 4 nitrogen and oxygen atoms in total. The highest BCUT2D eigenvalue weighted by atomic mass is 16.5. The van der Waals surface area contributed by atoms with Crippen LogP contribution in [0.2, 0.25) is 0 Å². The van der Waals surface area contributed by atoms with Crippen molar-refractivity contribution < 1.29 is 9.84 Å². The molecule has 1 saturated heterocycles. The maximum absolute atomic E-state index is 9.95. The quantitative estimate of drug-likeness (QED) is 0.266. The molecule has 3 aromatic carbocycles. The topological polar surface area (TPSA) is 44.7 Å². The number of anilines is 1. The summed E-state index contributed by atoms with van der Waals surface area (Å²) < 4.78 is 6.03. The lowest BCUT2D eigenvalue weighted by molar-refractivity contribution is 0.214. The second-order valence-corrected chi connectivity index (χ2v) is 11.8. The summed E-state index contributed by atoms with van der Waals surface area (Å²) in [7, 11) is 0. The summed E-state index contributed by atoms with van der Waals surface area (Å²) in [4.78, 5) is 2.54. The molecule has 2 aliphatic rings. The molecule has 1 aliphatic heterocycles. The third-order valence-corrected chi connectivity index (χ3v) is 8.26. The maximum atomic E-state index is 9.95. The van der Waals surface area contributed by atoms with Crippen LogP contribution >= 0.6 is 0 Å². The van der Waals surface area contributed by atoms with E-state index in [-0.39, 0.29) is 5.41 Å². The number of phenolic OH excluding ortho intramolecular Hbond substituents is 1. The predicted octanol–water partition coefficient (Wildman–Crippen LogP) is 7.81. The van der Waals surface area contributed by atoms with Crippen LogP contribution in [-0.2, 0) is 12.8 Å². The summed E-state index contributed by atoms with van der Waals surface area (Å²) in [6.07, 6.45) is 10.7. The number of para-hydroxylation sites is 1. The number of likely N-dealkylation sites (tertiary alicyclic amines) is 1. The van der Waals surface area contributed by atoms with Crippen LogP contribution in [0, 0.1) is 5.41 Å². The van der Waals surface area contributed by atoms with Crippen molar-refractivity contribution in [1.29, 1.82) is 0 Å². The minimum atomic E-state index is -0.0184. The van der Waals surface area contributed by atoms with Gasteiger partial charge >= 0.3 is 0 Å². The summed E-state index contributed by atoms with van der Waals surface area (Å²) in [6.45, 7) is 9.74. The fraction of sp³-hybridized carbons (Fsp3) is 0.429. The van der Waals surface area contributed by atoms with Gasteiger partial charge in [0, 0.05) is 24.3 Å². The number of benzene rings is 3. The number of rotatable bonds is 10. The molecule has 5 rings (SSSR count). The highest BCUT2D eigenvalue weighted by molar-refractivity contribution is 5.91. The summed E-state index contributed by atoms with van der Waals surface area (Å²) in [6, 6.07) is 23.0. The van der Waals surface area contributed by atoms with Gasteiger partial charge in [-0.1, -0.05) is 69.2 Å². The van der Waals surface area contributed by atoms with Gasteiger partial charge in [-0.15, -0.1) is 0 Å². The molecule has 2 N–H and O–H groups in total. The number of fused-ring (bicyclic) bond motifs is 1. The van der Waals surface area contributed by atoms with E-state index in [1.54, 1.807) is 6.07 Å². The Morgan fingerprint density at radius 3 is 2.49 bits per heavy atom. The Kier molecular flexibility index (Phi) is 8.93. The Morgan fingerprint density at radius 2 is 1.69 bits per heavy atom. The zero-order chi connectivity index (χ0) is 27.1. The van der Waals surface area contributed by atoms with Crippen molar-refractivity contribution in [3.63, 3.8) is 0 Å². The Balaban J connectivity index is 1.13. The Morgan fingerprint density at radius 1 is 0.923 bits per heavy atom. The van der Waals surface area contributed by atoms with Crippen LogP contribution in [-0.4, -0.2) is 42.8 Å². The van der Waals surface area contributed by atoms with Crippen LogP contribution < -0.4 is 10.1 Å². The molecule has 0 radical (unpaired) electrons. The van der Waals surface area contributed by atoms with Crippen LogP contribution in [0.15, 0.2) is 66.7 Å². The molecule has 39 heavy (non-hydrogen) atoms. The lowest BCUT2D eigenvalue weighted by atomic mass is 9.70. The molecule has 0 spiro atoms. The number of phenols is 1. The smallest absolute Gasteiger partial charge is 0.119 e. The van der Waals surface area contributed by atoms with Crippen LogP contribution in [0.4, 0.5) is 5.69 Å².